The lowest BCUT2D eigenvalue weighted by atomic mass is 9.85. The van der Waals surface area contributed by atoms with Crippen LogP contribution in [0.25, 0.3) is 16.1 Å². The summed E-state index contributed by atoms with van der Waals surface area (Å²) in [4.78, 5) is 17.1. The summed E-state index contributed by atoms with van der Waals surface area (Å²) in [5, 5.41) is 24.9. The van der Waals surface area contributed by atoms with E-state index in [1.165, 1.54) is 15.9 Å². The van der Waals surface area contributed by atoms with Crippen LogP contribution in [0.2, 0.25) is 0 Å². The van der Waals surface area contributed by atoms with Gasteiger partial charge in [0.2, 0.25) is 10.6 Å². The number of hydrogen-bond acceptors (Lipinski definition) is 7. The highest BCUT2D eigenvalue weighted by molar-refractivity contribution is 7.16. The molecule has 3 aromatic rings. The van der Waals surface area contributed by atoms with Crippen molar-refractivity contribution in [2.24, 2.45) is 5.92 Å². The summed E-state index contributed by atoms with van der Waals surface area (Å²) < 4.78 is 1.31. The number of aromatic amines is 1. The number of nitrogens with one attached hydrogen (secondary N) is 1. The van der Waals surface area contributed by atoms with Gasteiger partial charge in [-0.3, -0.25) is 4.79 Å². The Hall–Kier alpha value is -1.87. The maximum Gasteiger partial charge on any atom is 0.305 e. The van der Waals surface area contributed by atoms with Gasteiger partial charge in [0.15, 0.2) is 5.52 Å². The van der Waals surface area contributed by atoms with Gasteiger partial charge in [0.1, 0.15) is 5.01 Å². The first-order valence-corrected chi connectivity index (χ1v) is 8.29. The number of aromatic nitrogens is 6. The Morgan fingerprint density at radius 2 is 2.09 bits per heavy atom. The summed E-state index contributed by atoms with van der Waals surface area (Å²) in [7, 11) is 0. The van der Waals surface area contributed by atoms with Crippen LogP contribution in [0.15, 0.2) is 4.79 Å². The van der Waals surface area contributed by atoms with Gasteiger partial charge in [-0.25, -0.2) is 0 Å². The average molecular weight is 320 g/mol. The normalized spacial score (nSPS) is 22.6. The molecule has 8 nitrogen and oxygen atoms in total. The lowest BCUT2D eigenvalue weighted by Gasteiger charge is -2.24. The van der Waals surface area contributed by atoms with Gasteiger partial charge in [0, 0.05) is 6.42 Å². The minimum atomic E-state index is -0.281. The number of aliphatic hydroxyl groups excluding tert-OH is 1. The molecule has 1 aliphatic carbocycles. The van der Waals surface area contributed by atoms with Crippen molar-refractivity contribution in [3.8, 4) is 0 Å². The highest BCUT2D eigenvalue weighted by Crippen LogP contribution is 2.28. The van der Waals surface area contributed by atoms with E-state index in [4.69, 9.17) is 0 Å². The van der Waals surface area contributed by atoms with Crippen molar-refractivity contribution >= 4 is 27.5 Å². The number of aryl methyl sites for hydroxylation is 1. The molecule has 3 aromatic heterocycles. The van der Waals surface area contributed by atoms with E-state index in [0.717, 1.165) is 43.5 Å². The summed E-state index contributed by atoms with van der Waals surface area (Å²) in [5.41, 5.74) is 0.272. The van der Waals surface area contributed by atoms with Gasteiger partial charge in [0.05, 0.1) is 6.10 Å². The molecule has 0 aromatic carbocycles. The van der Waals surface area contributed by atoms with Gasteiger partial charge in [-0.15, -0.1) is 10.2 Å². The zero-order chi connectivity index (χ0) is 15.1. The second-order valence-corrected chi connectivity index (χ2v) is 6.86. The first-order chi connectivity index (χ1) is 10.7. The molecular weight excluding hydrogens is 304 g/mol. The fourth-order valence-corrected chi connectivity index (χ4v) is 3.92. The van der Waals surface area contributed by atoms with Crippen molar-refractivity contribution in [2.75, 3.05) is 0 Å². The molecule has 0 spiro atoms. The summed E-state index contributed by atoms with van der Waals surface area (Å²) >= 11 is 1.43. The zero-order valence-electron chi connectivity index (χ0n) is 11.9. The van der Waals surface area contributed by atoms with Crippen LogP contribution in [0.4, 0.5) is 0 Å². The number of nitrogens with zero attached hydrogens (tertiary/aromatic N) is 5. The summed E-state index contributed by atoms with van der Waals surface area (Å²) in [5.74, 6) is 0.638. The molecule has 2 N–H and O–H groups in total. The molecule has 1 aliphatic rings. The molecule has 0 aliphatic heterocycles. The Labute approximate surface area is 129 Å². The van der Waals surface area contributed by atoms with Gasteiger partial charge in [-0.05, 0) is 38.0 Å². The van der Waals surface area contributed by atoms with E-state index in [2.05, 4.69) is 25.5 Å². The van der Waals surface area contributed by atoms with Crippen molar-refractivity contribution in [1.82, 2.24) is 30.0 Å². The molecule has 0 radical (unpaired) electrons. The summed E-state index contributed by atoms with van der Waals surface area (Å²) in [6.45, 7) is 0. The molecule has 4 rings (SSSR count). The van der Waals surface area contributed by atoms with E-state index >= 15 is 0 Å². The van der Waals surface area contributed by atoms with Gasteiger partial charge in [-0.2, -0.15) is 19.8 Å². The number of hydrogen-bond donors (Lipinski definition) is 2. The molecule has 0 atom stereocenters. The Kier molecular flexibility index (Phi) is 3.38. The van der Waals surface area contributed by atoms with Gasteiger partial charge < -0.3 is 5.11 Å². The van der Waals surface area contributed by atoms with Crippen LogP contribution in [0.5, 0.6) is 0 Å². The van der Waals surface area contributed by atoms with Crippen molar-refractivity contribution in [3.05, 3.63) is 15.4 Å². The second kappa shape index (κ2) is 5.40. The molecule has 3 heterocycles. The molecule has 1 fully saturated rings. The van der Waals surface area contributed by atoms with Gasteiger partial charge in [0.25, 0.3) is 0 Å². The van der Waals surface area contributed by atoms with E-state index in [1.807, 2.05) is 0 Å². The minimum absolute atomic E-state index is 0.120. The standard InChI is InChI=1S/C13H16N6O2S/c20-8-4-1-7(2-5-8)3-6-9-17-19-12(21)10-11(16-18-15-10)14-13(19)22-9/h7-8,20H,1-6H2,(H,15,16,18). The third-order valence-corrected chi connectivity index (χ3v) is 5.28. The molecule has 0 bridgehead atoms. The molecule has 0 amide bonds. The van der Waals surface area contributed by atoms with Gasteiger partial charge in [-0.1, -0.05) is 11.3 Å². The first-order valence-electron chi connectivity index (χ1n) is 7.48. The average Bonchev–Trinajstić information content (AvgIpc) is 3.14. The van der Waals surface area contributed by atoms with Gasteiger partial charge >= 0.3 is 5.56 Å². The first kappa shape index (κ1) is 13.8. The van der Waals surface area contributed by atoms with Crippen LogP contribution in [-0.4, -0.2) is 41.2 Å². The lowest BCUT2D eigenvalue weighted by molar-refractivity contribution is 0.106. The van der Waals surface area contributed by atoms with Crippen LogP contribution in [0, 0.1) is 5.92 Å². The third kappa shape index (κ3) is 2.40. The lowest BCUT2D eigenvalue weighted by Crippen LogP contribution is -2.18. The number of aliphatic hydroxyl groups is 1. The van der Waals surface area contributed by atoms with Crippen molar-refractivity contribution in [3.63, 3.8) is 0 Å². The molecule has 1 saturated carbocycles. The maximum atomic E-state index is 12.2. The zero-order valence-corrected chi connectivity index (χ0v) is 12.7. The Bertz CT molecular complexity index is 860. The quantitative estimate of drug-likeness (QED) is 0.742. The third-order valence-electron chi connectivity index (χ3n) is 4.31. The van der Waals surface area contributed by atoms with E-state index in [0.29, 0.717) is 16.5 Å². The highest BCUT2D eigenvalue weighted by atomic mass is 32.1. The molecule has 116 valence electrons. The second-order valence-electron chi connectivity index (χ2n) is 5.82. The van der Waals surface area contributed by atoms with Crippen molar-refractivity contribution in [2.45, 2.75) is 44.6 Å². The van der Waals surface area contributed by atoms with Crippen molar-refractivity contribution in [1.29, 1.82) is 0 Å². The van der Waals surface area contributed by atoms with E-state index in [9.17, 15) is 9.90 Å². The highest BCUT2D eigenvalue weighted by Gasteiger charge is 2.20. The Morgan fingerprint density at radius 3 is 2.91 bits per heavy atom. The summed E-state index contributed by atoms with van der Waals surface area (Å²) in [6.07, 6.45) is 5.69. The van der Waals surface area contributed by atoms with Crippen LogP contribution >= 0.6 is 11.3 Å². The molecule has 0 unspecified atom stereocenters. The topological polar surface area (TPSA) is 109 Å². The Balaban J connectivity index is 1.55. The number of H-pyrrole nitrogens is 1. The molecule has 9 heteroatoms. The predicted octanol–water partition coefficient (Wildman–Crippen LogP) is 0.906. The number of rotatable bonds is 3. The molecule has 22 heavy (non-hydrogen) atoms. The fraction of sp³-hybridized carbons (Fsp3) is 0.615. The van der Waals surface area contributed by atoms with Crippen LogP contribution in [0.3, 0.4) is 0 Å². The van der Waals surface area contributed by atoms with Crippen LogP contribution < -0.4 is 5.56 Å². The largest absolute Gasteiger partial charge is 0.393 e. The summed E-state index contributed by atoms with van der Waals surface area (Å²) in [6, 6.07) is 0. The van der Waals surface area contributed by atoms with E-state index < -0.39 is 0 Å². The molecular formula is C13H16N6O2S. The van der Waals surface area contributed by atoms with Crippen LogP contribution in [0.1, 0.15) is 37.1 Å². The monoisotopic (exact) mass is 320 g/mol. The molecule has 0 saturated heterocycles. The fourth-order valence-electron chi connectivity index (χ4n) is 3.03. The predicted molar refractivity (Wildman–Crippen MR) is 80.9 cm³/mol. The van der Waals surface area contributed by atoms with E-state index in [-0.39, 0.29) is 17.2 Å². The maximum absolute atomic E-state index is 12.2. The minimum Gasteiger partial charge on any atom is -0.393 e. The smallest absolute Gasteiger partial charge is 0.305 e. The van der Waals surface area contributed by atoms with E-state index in [1.54, 1.807) is 0 Å². The Morgan fingerprint density at radius 1 is 1.27 bits per heavy atom. The van der Waals surface area contributed by atoms with Crippen molar-refractivity contribution < 1.29 is 5.11 Å². The van der Waals surface area contributed by atoms with Crippen LogP contribution in [-0.2, 0) is 6.42 Å². The number of fused-ring (bicyclic) bond motifs is 2. The SMILES string of the molecule is O=c1c2n[nH]nc2nc2sc(CCC3CCC(O)CC3)nn12.